The fourth-order valence-corrected chi connectivity index (χ4v) is 2.72. The third-order valence-electron chi connectivity index (χ3n) is 4.06. The molecular formula is C16H22ClNO4. The summed E-state index contributed by atoms with van der Waals surface area (Å²) in [4.78, 5) is 13.1. The Morgan fingerprint density at radius 3 is 2.82 bits per heavy atom. The number of morpholine rings is 1. The van der Waals surface area contributed by atoms with E-state index in [9.17, 15) is 9.90 Å². The van der Waals surface area contributed by atoms with Gasteiger partial charge in [0.25, 0.3) is 0 Å². The minimum absolute atomic E-state index is 0.0375. The monoisotopic (exact) mass is 327 g/mol. The molecule has 0 spiro atoms. The van der Waals surface area contributed by atoms with Crippen molar-refractivity contribution in [2.45, 2.75) is 38.0 Å². The van der Waals surface area contributed by atoms with E-state index in [0.29, 0.717) is 18.2 Å². The van der Waals surface area contributed by atoms with Crippen molar-refractivity contribution < 1.29 is 19.7 Å². The third kappa shape index (κ3) is 3.79. The van der Waals surface area contributed by atoms with Crippen LogP contribution in [0.25, 0.3) is 0 Å². The predicted octanol–water partition coefficient (Wildman–Crippen LogP) is 2.33. The van der Waals surface area contributed by atoms with Gasteiger partial charge in [-0.15, -0.1) is 0 Å². The molecular weight excluding hydrogens is 306 g/mol. The SMILES string of the molecule is CC(O)(CN1CC(c2cccc(Cl)c2)OCC1(C)C)C(=O)O. The van der Waals surface area contributed by atoms with Gasteiger partial charge in [0.2, 0.25) is 0 Å². The number of β-amino-alcohol motifs (C(OH)–C–C–N with tert-alkyl or cyclic N) is 1. The summed E-state index contributed by atoms with van der Waals surface area (Å²) < 4.78 is 5.91. The quantitative estimate of drug-likeness (QED) is 0.888. The van der Waals surface area contributed by atoms with E-state index in [0.717, 1.165) is 5.56 Å². The van der Waals surface area contributed by atoms with E-state index in [2.05, 4.69) is 0 Å². The van der Waals surface area contributed by atoms with Crippen molar-refractivity contribution in [3.63, 3.8) is 0 Å². The number of aliphatic carboxylic acids is 1. The maximum Gasteiger partial charge on any atom is 0.336 e. The van der Waals surface area contributed by atoms with Crippen LogP contribution in [-0.4, -0.2) is 51.9 Å². The molecule has 1 aliphatic heterocycles. The number of carbonyl (C=O) groups is 1. The molecule has 1 aromatic rings. The Kier molecular flexibility index (Phi) is 4.82. The molecule has 0 amide bonds. The number of ether oxygens (including phenoxy) is 1. The first kappa shape index (κ1) is 17.2. The summed E-state index contributed by atoms with van der Waals surface area (Å²) in [5.41, 5.74) is -1.20. The van der Waals surface area contributed by atoms with Gasteiger partial charge in [-0.3, -0.25) is 4.90 Å². The van der Waals surface area contributed by atoms with Crippen molar-refractivity contribution in [2.75, 3.05) is 19.7 Å². The van der Waals surface area contributed by atoms with Crippen molar-refractivity contribution in [3.8, 4) is 0 Å². The van der Waals surface area contributed by atoms with Crippen LogP contribution in [0.4, 0.5) is 0 Å². The van der Waals surface area contributed by atoms with Crippen LogP contribution in [0.15, 0.2) is 24.3 Å². The van der Waals surface area contributed by atoms with E-state index < -0.39 is 11.6 Å². The minimum Gasteiger partial charge on any atom is -0.479 e. The van der Waals surface area contributed by atoms with Crippen molar-refractivity contribution in [1.29, 1.82) is 0 Å². The van der Waals surface area contributed by atoms with Gasteiger partial charge in [0.05, 0.1) is 12.7 Å². The lowest BCUT2D eigenvalue weighted by Gasteiger charge is -2.47. The second-order valence-electron chi connectivity index (χ2n) is 6.63. The van der Waals surface area contributed by atoms with Crippen LogP contribution in [0.2, 0.25) is 5.02 Å². The van der Waals surface area contributed by atoms with Crippen LogP contribution in [0.5, 0.6) is 0 Å². The highest BCUT2D eigenvalue weighted by molar-refractivity contribution is 6.30. The normalized spacial score (nSPS) is 24.7. The second-order valence-corrected chi connectivity index (χ2v) is 7.06. The zero-order valence-electron chi connectivity index (χ0n) is 13.0. The number of carboxylic acid groups (broad SMARTS) is 1. The topological polar surface area (TPSA) is 70.0 Å². The number of nitrogens with zero attached hydrogens (tertiary/aromatic N) is 1. The van der Waals surface area contributed by atoms with Crippen LogP contribution < -0.4 is 0 Å². The van der Waals surface area contributed by atoms with Crippen molar-refractivity contribution in [3.05, 3.63) is 34.9 Å². The molecule has 0 aliphatic carbocycles. The largest absolute Gasteiger partial charge is 0.479 e. The summed E-state index contributed by atoms with van der Waals surface area (Å²) in [6.07, 6.45) is -0.198. The highest BCUT2D eigenvalue weighted by atomic mass is 35.5. The number of aliphatic hydroxyl groups is 1. The molecule has 5 nitrogen and oxygen atoms in total. The summed E-state index contributed by atoms with van der Waals surface area (Å²) in [7, 11) is 0. The van der Waals surface area contributed by atoms with E-state index in [1.54, 1.807) is 6.07 Å². The lowest BCUT2D eigenvalue weighted by Crippen LogP contribution is -2.59. The highest BCUT2D eigenvalue weighted by Gasteiger charge is 2.41. The van der Waals surface area contributed by atoms with E-state index in [1.807, 2.05) is 36.9 Å². The molecule has 1 fully saturated rings. The minimum atomic E-state index is -1.80. The number of carboxylic acids is 1. The third-order valence-corrected chi connectivity index (χ3v) is 4.30. The fourth-order valence-electron chi connectivity index (χ4n) is 2.52. The fraction of sp³-hybridized carbons (Fsp3) is 0.562. The molecule has 0 saturated carbocycles. The molecule has 0 bridgehead atoms. The smallest absolute Gasteiger partial charge is 0.336 e. The highest BCUT2D eigenvalue weighted by Crippen LogP contribution is 2.32. The van der Waals surface area contributed by atoms with Crippen LogP contribution in [0.3, 0.4) is 0 Å². The number of hydrogen-bond donors (Lipinski definition) is 2. The van der Waals surface area contributed by atoms with E-state index in [1.165, 1.54) is 6.92 Å². The molecule has 22 heavy (non-hydrogen) atoms. The van der Waals surface area contributed by atoms with Gasteiger partial charge in [-0.2, -0.15) is 0 Å². The number of hydrogen-bond acceptors (Lipinski definition) is 4. The maximum atomic E-state index is 11.2. The van der Waals surface area contributed by atoms with Crippen LogP contribution in [0, 0.1) is 0 Å². The molecule has 1 saturated heterocycles. The zero-order chi connectivity index (χ0) is 16.5. The number of benzene rings is 1. The Bertz CT molecular complexity index is 559. The summed E-state index contributed by atoms with van der Waals surface area (Å²) in [6, 6.07) is 7.43. The summed E-state index contributed by atoms with van der Waals surface area (Å²) >= 11 is 6.02. The molecule has 122 valence electrons. The molecule has 1 aromatic carbocycles. The summed E-state index contributed by atoms with van der Waals surface area (Å²) in [5, 5.41) is 19.8. The predicted molar refractivity (Wildman–Crippen MR) is 84.1 cm³/mol. The summed E-state index contributed by atoms with van der Waals surface area (Å²) in [6.45, 7) is 6.24. The summed E-state index contributed by atoms with van der Waals surface area (Å²) in [5.74, 6) is -1.23. The standard InChI is InChI=1S/C16H22ClNO4/c1-15(2)10-22-13(11-5-4-6-12(17)7-11)8-18(15)9-16(3,21)14(19)20/h4-7,13,21H,8-10H2,1-3H3,(H,19,20). The van der Waals surface area contributed by atoms with Gasteiger partial charge in [0.15, 0.2) is 5.60 Å². The van der Waals surface area contributed by atoms with Crippen LogP contribution in [-0.2, 0) is 9.53 Å². The Morgan fingerprint density at radius 1 is 1.55 bits per heavy atom. The van der Waals surface area contributed by atoms with Crippen molar-refractivity contribution in [1.82, 2.24) is 4.90 Å². The average Bonchev–Trinajstić information content (AvgIpc) is 2.40. The van der Waals surface area contributed by atoms with Crippen molar-refractivity contribution in [2.24, 2.45) is 0 Å². The molecule has 2 rings (SSSR count). The molecule has 1 aliphatic rings. The molecule has 0 radical (unpaired) electrons. The Labute approximate surface area is 135 Å². The van der Waals surface area contributed by atoms with Gasteiger partial charge < -0.3 is 14.9 Å². The van der Waals surface area contributed by atoms with Gasteiger partial charge in [-0.25, -0.2) is 4.79 Å². The number of rotatable bonds is 4. The zero-order valence-corrected chi connectivity index (χ0v) is 13.8. The number of halogens is 1. The van der Waals surface area contributed by atoms with Gasteiger partial charge >= 0.3 is 5.97 Å². The first-order valence-corrected chi connectivity index (χ1v) is 7.57. The van der Waals surface area contributed by atoms with E-state index >= 15 is 0 Å². The molecule has 2 N–H and O–H groups in total. The average molecular weight is 328 g/mol. The van der Waals surface area contributed by atoms with Gasteiger partial charge in [0, 0.05) is 23.7 Å². The molecule has 6 heteroatoms. The Hall–Kier alpha value is -1.14. The van der Waals surface area contributed by atoms with E-state index in [-0.39, 0.29) is 18.2 Å². The lowest BCUT2D eigenvalue weighted by molar-refractivity contribution is -0.166. The Morgan fingerprint density at radius 2 is 2.23 bits per heavy atom. The molecule has 2 unspecified atom stereocenters. The van der Waals surface area contributed by atoms with Gasteiger partial charge in [-0.1, -0.05) is 23.7 Å². The van der Waals surface area contributed by atoms with Crippen LogP contribution >= 0.6 is 11.6 Å². The first-order valence-electron chi connectivity index (χ1n) is 7.20. The lowest BCUT2D eigenvalue weighted by atomic mass is 9.95. The molecule has 0 aromatic heterocycles. The van der Waals surface area contributed by atoms with E-state index in [4.69, 9.17) is 21.4 Å². The second kappa shape index (κ2) is 6.16. The van der Waals surface area contributed by atoms with Crippen LogP contribution in [0.1, 0.15) is 32.4 Å². The Balaban J connectivity index is 2.18. The maximum absolute atomic E-state index is 11.2. The van der Waals surface area contributed by atoms with Gasteiger partial charge in [0.1, 0.15) is 0 Å². The first-order chi connectivity index (χ1) is 10.1. The van der Waals surface area contributed by atoms with Gasteiger partial charge in [-0.05, 0) is 38.5 Å². The molecule has 1 heterocycles. The van der Waals surface area contributed by atoms with Crippen molar-refractivity contribution >= 4 is 17.6 Å². The molecule has 2 atom stereocenters.